The molecule has 0 aliphatic rings. The molecule has 0 amide bonds. The van der Waals surface area contributed by atoms with Crippen molar-refractivity contribution in [2.75, 3.05) is 0 Å². The molecule has 3 aromatic heterocycles. The molecule has 6 rings (SSSR count). The predicted octanol–water partition coefficient (Wildman–Crippen LogP) is 4.24. The number of hydrogen-bond acceptors (Lipinski definition) is 5. The van der Waals surface area contributed by atoms with Gasteiger partial charge in [-0.2, -0.15) is 91.0 Å². The number of nitrogens with zero attached hydrogens (tertiary/aromatic N) is 3. The minimum atomic E-state index is -3.05. The molecule has 0 fully saturated rings. The molecule has 3 aromatic carbocycles. The fourth-order valence-electron chi connectivity index (χ4n) is 4.10. The predicted molar refractivity (Wildman–Crippen MR) is 162 cm³/mol. The van der Waals surface area contributed by atoms with Gasteiger partial charge in [-0.3, -0.25) is 15.0 Å². The Morgan fingerprint density at radius 2 is 0.732 bits per heavy atom. The third kappa shape index (κ3) is 6.59. The SMILES string of the molecule is O=P(c1[c-]cccc1)(c1[c-]cccc1)c1ccccn1.O=P(c1[c-]cccc1)(c1ccccn1)c1ccccn1.[Ir+3]. The Morgan fingerprint density at radius 1 is 0.415 bits per heavy atom. The van der Waals surface area contributed by atoms with Gasteiger partial charge in [0.2, 0.25) is 0 Å². The summed E-state index contributed by atoms with van der Waals surface area (Å²) in [6.45, 7) is 0. The van der Waals surface area contributed by atoms with E-state index in [-0.39, 0.29) is 20.1 Å². The topological polar surface area (TPSA) is 72.8 Å². The molecule has 3 heterocycles. The van der Waals surface area contributed by atoms with Crippen molar-refractivity contribution in [3.63, 3.8) is 0 Å². The summed E-state index contributed by atoms with van der Waals surface area (Å²) in [5.41, 5.74) is 1.62. The van der Waals surface area contributed by atoms with E-state index in [2.05, 4.69) is 33.2 Å². The summed E-state index contributed by atoms with van der Waals surface area (Å²) in [4.78, 5) is 12.9. The molecular formula is C33H24IrN3O2P2. The summed E-state index contributed by atoms with van der Waals surface area (Å²) in [5, 5.41) is 1.93. The summed E-state index contributed by atoms with van der Waals surface area (Å²) in [6.07, 6.45) is 4.95. The van der Waals surface area contributed by atoms with E-state index >= 15 is 0 Å². The largest absolute Gasteiger partial charge is 3.00 e. The monoisotopic (exact) mass is 749 g/mol. The van der Waals surface area contributed by atoms with E-state index in [0.717, 1.165) is 0 Å². The van der Waals surface area contributed by atoms with Crippen LogP contribution in [0.4, 0.5) is 0 Å². The number of aromatic nitrogens is 3. The van der Waals surface area contributed by atoms with Gasteiger partial charge >= 0.3 is 20.1 Å². The van der Waals surface area contributed by atoms with Gasteiger partial charge in [0.25, 0.3) is 0 Å². The van der Waals surface area contributed by atoms with Crippen LogP contribution in [0.25, 0.3) is 0 Å². The maximum atomic E-state index is 13.7. The first kappa shape index (κ1) is 30.2. The summed E-state index contributed by atoms with van der Waals surface area (Å²) in [7, 11) is -6.05. The first-order chi connectivity index (χ1) is 19.6. The van der Waals surface area contributed by atoms with Crippen molar-refractivity contribution in [3.05, 3.63) is 164 Å². The molecule has 0 spiro atoms. The van der Waals surface area contributed by atoms with Gasteiger partial charge < -0.3 is 9.13 Å². The molecule has 0 atom stereocenters. The molecule has 202 valence electrons. The van der Waals surface area contributed by atoms with Crippen LogP contribution in [0.3, 0.4) is 0 Å². The van der Waals surface area contributed by atoms with Crippen molar-refractivity contribution in [1.29, 1.82) is 0 Å². The molecule has 0 unspecified atom stereocenters. The molecule has 0 bridgehead atoms. The van der Waals surface area contributed by atoms with E-state index in [9.17, 15) is 9.13 Å². The van der Waals surface area contributed by atoms with Crippen molar-refractivity contribution >= 4 is 46.5 Å². The Bertz CT molecular complexity index is 1390. The summed E-state index contributed by atoms with van der Waals surface area (Å²) in [6, 6.07) is 47.4. The van der Waals surface area contributed by atoms with Gasteiger partial charge in [-0.25, -0.2) is 0 Å². The van der Waals surface area contributed by atoms with E-state index in [1.165, 1.54) is 0 Å². The summed E-state index contributed by atoms with van der Waals surface area (Å²) < 4.78 is 27.4. The van der Waals surface area contributed by atoms with Gasteiger partial charge in [-0.1, -0.05) is 34.1 Å². The standard InChI is InChI=1S/C17H12NOP.C16H12N2OP.Ir/c19-20(15-9-3-1-4-10-15,16-11-5-2-6-12-16)17-13-7-8-14-18-17;19-20(14-8-2-1-3-9-14,15-10-4-6-12-17-15)16-11-5-7-13-18-16;/h1-9,11,13-14H;1-8,10-13H;/q-2;-1;+3. The van der Waals surface area contributed by atoms with Crippen molar-refractivity contribution in [2.45, 2.75) is 0 Å². The molecule has 0 aliphatic carbocycles. The van der Waals surface area contributed by atoms with Crippen molar-refractivity contribution in [3.8, 4) is 0 Å². The molecule has 41 heavy (non-hydrogen) atoms. The van der Waals surface area contributed by atoms with Crippen molar-refractivity contribution in [2.24, 2.45) is 0 Å². The molecule has 0 saturated carbocycles. The van der Waals surface area contributed by atoms with Crippen LogP contribution < -0.4 is 32.2 Å². The zero-order valence-electron chi connectivity index (χ0n) is 21.7. The van der Waals surface area contributed by atoms with E-state index < -0.39 is 14.3 Å². The van der Waals surface area contributed by atoms with Crippen LogP contribution in [-0.4, -0.2) is 15.0 Å². The van der Waals surface area contributed by atoms with Crippen LogP contribution in [0, 0.1) is 18.2 Å². The molecule has 0 saturated heterocycles. The Balaban J connectivity index is 0.000000184. The second-order valence-corrected chi connectivity index (χ2v) is 13.8. The smallest absolute Gasteiger partial charge is 0.311 e. The minimum Gasteiger partial charge on any atom is -0.311 e. The van der Waals surface area contributed by atoms with Gasteiger partial charge in [0, 0.05) is 18.6 Å². The van der Waals surface area contributed by atoms with Crippen molar-refractivity contribution in [1.82, 2.24) is 15.0 Å². The van der Waals surface area contributed by atoms with E-state index in [1.54, 1.807) is 67.1 Å². The number of rotatable bonds is 6. The van der Waals surface area contributed by atoms with Crippen LogP contribution in [0.2, 0.25) is 0 Å². The first-order valence-corrected chi connectivity index (χ1v) is 15.9. The van der Waals surface area contributed by atoms with Gasteiger partial charge in [0.1, 0.15) is 23.4 Å². The molecule has 8 heteroatoms. The van der Waals surface area contributed by atoms with E-state index in [1.807, 2.05) is 78.9 Å². The Kier molecular flexibility index (Phi) is 10.5. The minimum absolute atomic E-state index is 0. The molecule has 5 nitrogen and oxygen atoms in total. The number of pyridine rings is 3. The fourth-order valence-corrected chi connectivity index (χ4v) is 8.81. The Hall–Kier alpha value is -3.78. The van der Waals surface area contributed by atoms with Crippen LogP contribution in [-0.2, 0) is 29.2 Å². The summed E-state index contributed by atoms with van der Waals surface area (Å²) >= 11 is 0. The second-order valence-electron chi connectivity index (χ2n) is 8.53. The van der Waals surface area contributed by atoms with Crippen LogP contribution >= 0.6 is 14.3 Å². The average molecular weight is 749 g/mol. The third-order valence-corrected chi connectivity index (χ3v) is 11.6. The maximum absolute atomic E-state index is 13.7. The quantitative estimate of drug-likeness (QED) is 0.189. The fraction of sp³-hybridized carbons (Fsp3) is 0. The molecule has 0 radical (unpaired) electrons. The molecular weight excluding hydrogens is 725 g/mol. The van der Waals surface area contributed by atoms with Gasteiger partial charge in [-0.15, -0.1) is 0 Å². The van der Waals surface area contributed by atoms with E-state index in [0.29, 0.717) is 32.2 Å². The zero-order chi connectivity index (χ0) is 27.7. The van der Waals surface area contributed by atoms with Crippen LogP contribution in [0.15, 0.2) is 146 Å². The Morgan fingerprint density at radius 3 is 1.02 bits per heavy atom. The van der Waals surface area contributed by atoms with E-state index in [4.69, 9.17) is 0 Å². The van der Waals surface area contributed by atoms with Crippen molar-refractivity contribution < 1.29 is 29.2 Å². The summed E-state index contributed by atoms with van der Waals surface area (Å²) in [5.74, 6) is 0. The normalized spacial score (nSPS) is 10.9. The first-order valence-electron chi connectivity index (χ1n) is 12.5. The number of hydrogen-bond donors (Lipinski definition) is 0. The zero-order valence-corrected chi connectivity index (χ0v) is 25.9. The molecule has 0 N–H and O–H groups in total. The third-order valence-electron chi connectivity index (χ3n) is 6.01. The van der Waals surface area contributed by atoms with Gasteiger partial charge in [-0.05, 0) is 36.4 Å². The average Bonchev–Trinajstić information content (AvgIpc) is 3.07. The Labute approximate surface area is 253 Å². The van der Waals surface area contributed by atoms with Gasteiger partial charge in [0.05, 0.1) is 0 Å². The maximum Gasteiger partial charge on any atom is 3.00 e. The molecule has 6 aromatic rings. The van der Waals surface area contributed by atoms with Crippen LogP contribution in [0.1, 0.15) is 0 Å². The van der Waals surface area contributed by atoms with Gasteiger partial charge in [0.15, 0.2) is 7.14 Å². The second kappa shape index (κ2) is 14.2. The molecule has 0 aliphatic heterocycles. The van der Waals surface area contributed by atoms with Crippen LogP contribution in [0.5, 0.6) is 0 Å². The number of benzene rings is 3.